The van der Waals surface area contributed by atoms with Crippen molar-refractivity contribution in [3.8, 4) is 22.5 Å². The van der Waals surface area contributed by atoms with E-state index in [1.807, 2.05) is 36.4 Å². The van der Waals surface area contributed by atoms with Crippen molar-refractivity contribution in [2.45, 2.75) is 13.0 Å². The van der Waals surface area contributed by atoms with Crippen molar-refractivity contribution in [2.24, 2.45) is 7.05 Å². The molecule has 4 heterocycles. The van der Waals surface area contributed by atoms with Gasteiger partial charge >= 0.3 is 5.97 Å². The number of hydrogen-bond donors (Lipinski definition) is 2. The average molecular weight is 456 g/mol. The summed E-state index contributed by atoms with van der Waals surface area (Å²) >= 11 is 0. The molecule has 8 heteroatoms. The predicted molar refractivity (Wildman–Crippen MR) is 125 cm³/mol. The Labute approximate surface area is 197 Å². The van der Waals surface area contributed by atoms with Gasteiger partial charge in [0.05, 0.1) is 17.0 Å². The molecule has 4 rings (SSSR count). The molecule has 8 nitrogen and oxygen atoms in total. The number of carbonyl (C=O) groups excluding carboxylic acids is 1. The molecule has 0 saturated heterocycles. The highest BCUT2D eigenvalue weighted by Gasteiger charge is 2.11. The lowest BCUT2D eigenvalue weighted by Crippen LogP contribution is -2.35. The quantitative estimate of drug-likeness (QED) is 0.314. The first-order valence-corrected chi connectivity index (χ1v) is 10.9. The Balaban J connectivity index is 1.30. The molecular formula is C26H25N5O3+2. The molecule has 0 aromatic carbocycles. The van der Waals surface area contributed by atoms with Gasteiger partial charge in [-0.25, -0.2) is 13.9 Å². The number of carboxylic acid groups (broad SMARTS) is 1. The third-order valence-corrected chi connectivity index (χ3v) is 5.37. The van der Waals surface area contributed by atoms with Crippen LogP contribution >= 0.6 is 0 Å². The standard InChI is InChI=1S/C26H23N5O3/c1-30-13-5-19(6-14-30)20-7-15-31(16-8-20)12-2-9-29-25(32)21-3-10-27-23(17-21)24-18-22(26(33)34)4-11-28-24/h3-8,10-11,13-18H,2,9,12H2,1H3/p+2. The minimum absolute atomic E-state index is 0.116. The Morgan fingerprint density at radius 2 is 1.41 bits per heavy atom. The fourth-order valence-electron chi connectivity index (χ4n) is 3.47. The third-order valence-electron chi connectivity index (χ3n) is 5.37. The zero-order valence-electron chi connectivity index (χ0n) is 18.8. The first-order valence-electron chi connectivity index (χ1n) is 10.9. The van der Waals surface area contributed by atoms with E-state index in [0.717, 1.165) is 18.5 Å². The van der Waals surface area contributed by atoms with Crippen LogP contribution in [-0.4, -0.2) is 33.5 Å². The van der Waals surface area contributed by atoms with E-state index in [4.69, 9.17) is 5.11 Å². The Kier molecular flexibility index (Phi) is 6.98. The highest BCUT2D eigenvalue weighted by Crippen LogP contribution is 2.17. The van der Waals surface area contributed by atoms with Gasteiger partial charge in [-0.05, 0) is 35.4 Å². The molecule has 0 saturated carbocycles. The SMILES string of the molecule is C[n+]1ccc(-c2cc[n+](CCCNC(=O)c3ccnc(-c4cc(C(=O)O)ccn4)c3)cc2)cc1. The summed E-state index contributed by atoms with van der Waals surface area (Å²) in [4.78, 5) is 32.2. The molecule has 0 fully saturated rings. The molecule has 170 valence electrons. The van der Waals surface area contributed by atoms with Crippen LogP contribution in [0.3, 0.4) is 0 Å². The minimum Gasteiger partial charge on any atom is -0.478 e. The summed E-state index contributed by atoms with van der Waals surface area (Å²) in [5.41, 5.74) is 3.73. The van der Waals surface area contributed by atoms with Gasteiger partial charge in [0, 0.05) is 55.2 Å². The summed E-state index contributed by atoms with van der Waals surface area (Å²) in [5.74, 6) is -1.25. The number of nitrogens with one attached hydrogen (secondary N) is 1. The fourth-order valence-corrected chi connectivity index (χ4v) is 3.47. The first kappa shape index (κ1) is 22.7. The van der Waals surface area contributed by atoms with E-state index in [1.165, 1.54) is 30.1 Å². The van der Waals surface area contributed by atoms with Crippen LogP contribution in [0.5, 0.6) is 0 Å². The second-order valence-electron chi connectivity index (χ2n) is 7.85. The van der Waals surface area contributed by atoms with E-state index in [-0.39, 0.29) is 11.5 Å². The smallest absolute Gasteiger partial charge is 0.335 e. The molecule has 0 radical (unpaired) electrons. The van der Waals surface area contributed by atoms with Gasteiger partial charge in [0.1, 0.15) is 13.6 Å². The van der Waals surface area contributed by atoms with Crippen LogP contribution in [0.4, 0.5) is 0 Å². The maximum atomic E-state index is 12.6. The zero-order valence-corrected chi connectivity index (χ0v) is 18.8. The monoisotopic (exact) mass is 455 g/mol. The summed E-state index contributed by atoms with van der Waals surface area (Å²) in [7, 11) is 1.99. The first-order chi connectivity index (χ1) is 16.5. The molecule has 2 N–H and O–H groups in total. The molecule has 4 aromatic heterocycles. The number of carboxylic acids is 1. The van der Waals surface area contributed by atoms with Crippen molar-refractivity contribution in [3.63, 3.8) is 0 Å². The van der Waals surface area contributed by atoms with E-state index in [1.54, 1.807) is 12.1 Å². The number of aromatic nitrogens is 4. The van der Waals surface area contributed by atoms with Crippen molar-refractivity contribution >= 4 is 11.9 Å². The predicted octanol–water partition coefficient (Wildman–Crippen LogP) is 2.44. The van der Waals surface area contributed by atoms with Gasteiger partial charge in [0.25, 0.3) is 5.91 Å². The van der Waals surface area contributed by atoms with Crippen molar-refractivity contribution in [1.82, 2.24) is 15.3 Å². The van der Waals surface area contributed by atoms with Gasteiger partial charge in [0.2, 0.25) is 0 Å². The molecule has 1 amide bonds. The van der Waals surface area contributed by atoms with Crippen LogP contribution in [0, 0.1) is 0 Å². The van der Waals surface area contributed by atoms with Gasteiger partial charge in [-0.1, -0.05) is 0 Å². The molecular weight excluding hydrogens is 430 g/mol. The van der Waals surface area contributed by atoms with Crippen molar-refractivity contribution in [2.75, 3.05) is 6.54 Å². The van der Waals surface area contributed by atoms with E-state index in [0.29, 0.717) is 23.5 Å². The molecule has 0 aliphatic carbocycles. The van der Waals surface area contributed by atoms with Gasteiger partial charge in [-0.3, -0.25) is 14.8 Å². The fraction of sp³-hybridized carbons (Fsp3) is 0.154. The van der Waals surface area contributed by atoms with E-state index in [9.17, 15) is 9.59 Å². The topological polar surface area (TPSA) is 99.9 Å². The van der Waals surface area contributed by atoms with Gasteiger partial charge in [-0.2, -0.15) is 0 Å². The molecule has 4 aromatic rings. The maximum Gasteiger partial charge on any atom is 0.335 e. The number of hydrogen-bond acceptors (Lipinski definition) is 4. The Hall–Kier alpha value is -4.46. The van der Waals surface area contributed by atoms with Gasteiger partial charge in [-0.15, -0.1) is 0 Å². The number of amides is 1. The molecule has 0 aliphatic heterocycles. The summed E-state index contributed by atoms with van der Waals surface area (Å²) in [6.07, 6.45) is 11.8. The average Bonchev–Trinajstić information content (AvgIpc) is 2.87. The van der Waals surface area contributed by atoms with Crippen molar-refractivity contribution in [3.05, 3.63) is 96.8 Å². The van der Waals surface area contributed by atoms with E-state index >= 15 is 0 Å². The zero-order chi connectivity index (χ0) is 23.9. The number of nitrogens with zero attached hydrogens (tertiary/aromatic N) is 4. The van der Waals surface area contributed by atoms with Crippen LogP contribution in [0.2, 0.25) is 0 Å². The number of aromatic carboxylic acids is 1. The van der Waals surface area contributed by atoms with Crippen LogP contribution in [0.15, 0.2) is 85.7 Å². The van der Waals surface area contributed by atoms with Crippen molar-refractivity contribution < 1.29 is 23.8 Å². The second-order valence-corrected chi connectivity index (χ2v) is 7.85. The Morgan fingerprint density at radius 3 is 2.03 bits per heavy atom. The molecule has 0 unspecified atom stereocenters. The van der Waals surface area contributed by atoms with E-state index < -0.39 is 5.97 Å². The van der Waals surface area contributed by atoms with Crippen molar-refractivity contribution in [1.29, 1.82) is 0 Å². The molecule has 0 bridgehead atoms. The molecule has 0 aliphatic rings. The third kappa shape index (κ3) is 5.66. The summed E-state index contributed by atoms with van der Waals surface area (Å²) in [6, 6.07) is 14.4. The summed E-state index contributed by atoms with van der Waals surface area (Å²) < 4.78 is 4.09. The summed E-state index contributed by atoms with van der Waals surface area (Å²) in [5, 5.41) is 12.1. The maximum absolute atomic E-state index is 12.6. The van der Waals surface area contributed by atoms with Gasteiger partial charge in [0.15, 0.2) is 24.8 Å². The largest absolute Gasteiger partial charge is 0.478 e. The van der Waals surface area contributed by atoms with Crippen LogP contribution in [0.1, 0.15) is 27.1 Å². The van der Waals surface area contributed by atoms with Crippen LogP contribution in [0.25, 0.3) is 22.5 Å². The van der Waals surface area contributed by atoms with Crippen LogP contribution < -0.4 is 14.5 Å². The number of aryl methyl sites for hydroxylation is 2. The number of pyridine rings is 4. The molecule has 34 heavy (non-hydrogen) atoms. The normalized spacial score (nSPS) is 10.6. The Bertz CT molecular complexity index is 1300. The Morgan fingerprint density at radius 1 is 0.853 bits per heavy atom. The minimum atomic E-state index is -1.04. The summed E-state index contributed by atoms with van der Waals surface area (Å²) in [6.45, 7) is 1.30. The molecule has 0 atom stereocenters. The molecule has 0 spiro atoms. The second kappa shape index (κ2) is 10.4. The van der Waals surface area contributed by atoms with E-state index in [2.05, 4.69) is 44.1 Å². The lowest BCUT2D eigenvalue weighted by molar-refractivity contribution is -0.697. The van der Waals surface area contributed by atoms with Gasteiger partial charge < -0.3 is 10.4 Å². The highest BCUT2D eigenvalue weighted by atomic mass is 16.4. The highest BCUT2D eigenvalue weighted by molar-refractivity contribution is 5.95. The lowest BCUT2D eigenvalue weighted by atomic mass is 10.1. The number of carbonyl (C=O) groups is 2. The van der Waals surface area contributed by atoms with Crippen LogP contribution in [-0.2, 0) is 13.6 Å². The number of rotatable bonds is 8. The lowest BCUT2D eigenvalue weighted by Gasteiger charge is -2.06.